The molecule has 24 heavy (non-hydrogen) atoms. The number of nitrogens with zero attached hydrogens (tertiary/aromatic N) is 2. The van der Waals surface area contributed by atoms with E-state index in [1.165, 1.54) is 4.31 Å². The molecule has 0 aromatic heterocycles. The highest BCUT2D eigenvalue weighted by Gasteiger charge is 2.29. The molecule has 2 N–H and O–H groups in total. The van der Waals surface area contributed by atoms with Gasteiger partial charge in [0.2, 0.25) is 15.9 Å². The zero-order valence-corrected chi connectivity index (χ0v) is 14.9. The van der Waals surface area contributed by atoms with Crippen LogP contribution in [-0.2, 0) is 27.7 Å². The third kappa shape index (κ3) is 3.48. The number of benzene rings is 1. The number of hydrogen-bond acceptors (Lipinski definition) is 4. The van der Waals surface area contributed by atoms with Gasteiger partial charge in [-0.3, -0.25) is 4.79 Å². The van der Waals surface area contributed by atoms with Gasteiger partial charge in [0.25, 0.3) is 0 Å². The predicted octanol–water partition coefficient (Wildman–Crippen LogP) is 0.746. The van der Waals surface area contributed by atoms with E-state index in [1.54, 1.807) is 19.1 Å². The summed E-state index contributed by atoms with van der Waals surface area (Å²) >= 11 is 0. The van der Waals surface area contributed by atoms with Crippen LogP contribution in [0, 0.1) is 0 Å². The molecule has 2 heterocycles. The number of amides is 1. The van der Waals surface area contributed by atoms with Crippen LogP contribution in [0.1, 0.15) is 30.9 Å². The van der Waals surface area contributed by atoms with Crippen LogP contribution < -0.4 is 5.73 Å². The fourth-order valence-electron chi connectivity index (χ4n) is 3.44. The van der Waals surface area contributed by atoms with Crippen LogP contribution >= 0.6 is 0 Å². The van der Waals surface area contributed by atoms with E-state index in [4.69, 9.17) is 5.73 Å². The molecule has 0 atom stereocenters. The Balaban J connectivity index is 1.83. The minimum Gasteiger partial charge on any atom is -0.342 e. The first kappa shape index (κ1) is 17.4. The first-order chi connectivity index (χ1) is 11.4. The molecule has 2 aliphatic rings. The molecule has 132 valence electrons. The molecular weight excluding hydrogens is 326 g/mol. The minimum atomic E-state index is -3.46. The molecule has 1 fully saturated rings. The predicted molar refractivity (Wildman–Crippen MR) is 92.1 cm³/mol. The summed E-state index contributed by atoms with van der Waals surface area (Å²) in [5, 5.41) is 0. The van der Waals surface area contributed by atoms with E-state index in [0.717, 1.165) is 17.5 Å². The maximum absolute atomic E-state index is 12.9. The van der Waals surface area contributed by atoms with E-state index in [-0.39, 0.29) is 11.9 Å². The van der Waals surface area contributed by atoms with E-state index in [2.05, 4.69) is 0 Å². The van der Waals surface area contributed by atoms with Crippen molar-refractivity contribution in [1.29, 1.82) is 0 Å². The van der Waals surface area contributed by atoms with Gasteiger partial charge in [0.05, 0.1) is 4.90 Å². The smallest absolute Gasteiger partial charge is 0.243 e. The maximum Gasteiger partial charge on any atom is 0.243 e. The molecule has 6 nitrogen and oxygen atoms in total. The van der Waals surface area contributed by atoms with Gasteiger partial charge in [-0.05, 0) is 48.9 Å². The lowest BCUT2D eigenvalue weighted by Crippen LogP contribution is -2.42. The third-order valence-corrected chi connectivity index (χ3v) is 6.96. The van der Waals surface area contributed by atoms with Gasteiger partial charge < -0.3 is 10.6 Å². The standard InChI is InChI=1S/C17H25N3O3S/c1-13(21)19-8-4-14-2-3-17(12-15(14)5-9-19)24(22,23)20-10-6-16(18)7-11-20/h2-3,12,16H,4-11,18H2,1H3. The maximum atomic E-state index is 12.9. The number of nitrogens with two attached hydrogens (primary N) is 1. The number of sulfonamides is 1. The largest absolute Gasteiger partial charge is 0.342 e. The SMILES string of the molecule is CC(=O)N1CCc2ccc(S(=O)(=O)N3CCC(N)CC3)cc2CC1. The average Bonchev–Trinajstić information content (AvgIpc) is 2.77. The van der Waals surface area contributed by atoms with Gasteiger partial charge in [-0.1, -0.05) is 6.07 Å². The number of piperidine rings is 1. The summed E-state index contributed by atoms with van der Waals surface area (Å²) < 4.78 is 27.3. The molecule has 0 bridgehead atoms. The van der Waals surface area contributed by atoms with Crippen LogP contribution in [-0.4, -0.2) is 55.8 Å². The molecule has 3 rings (SSSR count). The molecule has 0 spiro atoms. The van der Waals surface area contributed by atoms with Crippen molar-refractivity contribution in [2.75, 3.05) is 26.2 Å². The van der Waals surface area contributed by atoms with Crippen molar-refractivity contribution < 1.29 is 13.2 Å². The van der Waals surface area contributed by atoms with E-state index in [1.807, 2.05) is 11.0 Å². The van der Waals surface area contributed by atoms with Crippen LogP contribution in [0.15, 0.2) is 23.1 Å². The molecule has 0 aliphatic carbocycles. The Bertz CT molecular complexity index is 725. The average molecular weight is 351 g/mol. The summed E-state index contributed by atoms with van der Waals surface area (Å²) in [4.78, 5) is 13.7. The Labute approximate surface area is 143 Å². The van der Waals surface area contributed by atoms with Crippen molar-refractivity contribution in [1.82, 2.24) is 9.21 Å². The lowest BCUT2D eigenvalue weighted by molar-refractivity contribution is -0.128. The highest BCUT2D eigenvalue weighted by molar-refractivity contribution is 7.89. The topological polar surface area (TPSA) is 83.7 Å². The monoisotopic (exact) mass is 351 g/mol. The second kappa shape index (κ2) is 6.82. The van der Waals surface area contributed by atoms with Crippen LogP contribution in [0.4, 0.5) is 0 Å². The Morgan fingerprint density at radius 1 is 1.08 bits per heavy atom. The second-order valence-corrected chi connectivity index (χ2v) is 8.62. The molecule has 0 unspecified atom stereocenters. The van der Waals surface area contributed by atoms with Gasteiger partial charge in [-0.2, -0.15) is 4.31 Å². The van der Waals surface area contributed by atoms with Crippen LogP contribution in [0.2, 0.25) is 0 Å². The molecule has 0 radical (unpaired) electrons. The number of fused-ring (bicyclic) bond motifs is 1. The summed E-state index contributed by atoms with van der Waals surface area (Å²) in [7, 11) is -3.46. The van der Waals surface area contributed by atoms with E-state index >= 15 is 0 Å². The van der Waals surface area contributed by atoms with E-state index in [0.29, 0.717) is 50.3 Å². The minimum absolute atomic E-state index is 0.0697. The molecule has 1 aromatic rings. The first-order valence-corrected chi connectivity index (χ1v) is 9.95. The lowest BCUT2D eigenvalue weighted by Gasteiger charge is -2.29. The molecular formula is C17H25N3O3S. The van der Waals surface area contributed by atoms with Crippen LogP contribution in [0.25, 0.3) is 0 Å². The Kier molecular flexibility index (Phi) is 4.94. The van der Waals surface area contributed by atoms with Crippen molar-refractivity contribution in [2.45, 2.75) is 43.5 Å². The molecule has 1 aromatic carbocycles. The fourth-order valence-corrected chi connectivity index (χ4v) is 4.96. The van der Waals surface area contributed by atoms with E-state index < -0.39 is 10.0 Å². The van der Waals surface area contributed by atoms with Gasteiger partial charge in [0.15, 0.2) is 0 Å². The van der Waals surface area contributed by atoms with Gasteiger partial charge >= 0.3 is 0 Å². The molecule has 2 aliphatic heterocycles. The summed E-state index contributed by atoms with van der Waals surface area (Å²) in [6.45, 7) is 3.88. The number of carbonyl (C=O) groups excluding carboxylic acids is 1. The number of rotatable bonds is 2. The molecule has 1 amide bonds. The fraction of sp³-hybridized carbons (Fsp3) is 0.588. The van der Waals surface area contributed by atoms with Crippen LogP contribution in [0.3, 0.4) is 0 Å². The van der Waals surface area contributed by atoms with Gasteiger partial charge in [0.1, 0.15) is 0 Å². The summed E-state index contributed by atoms with van der Waals surface area (Å²) in [6, 6.07) is 5.50. The summed E-state index contributed by atoms with van der Waals surface area (Å²) in [5.41, 5.74) is 8.04. The Morgan fingerprint density at radius 3 is 2.33 bits per heavy atom. The second-order valence-electron chi connectivity index (χ2n) is 6.68. The van der Waals surface area contributed by atoms with Crippen molar-refractivity contribution >= 4 is 15.9 Å². The van der Waals surface area contributed by atoms with Crippen molar-refractivity contribution in [2.24, 2.45) is 5.73 Å². The highest BCUT2D eigenvalue weighted by Crippen LogP contribution is 2.24. The lowest BCUT2D eigenvalue weighted by atomic mass is 10.0. The molecule has 7 heteroatoms. The Hall–Kier alpha value is -1.44. The van der Waals surface area contributed by atoms with Crippen molar-refractivity contribution in [3.05, 3.63) is 29.3 Å². The number of carbonyl (C=O) groups is 1. The first-order valence-electron chi connectivity index (χ1n) is 8.51. The quantitative estimate of drug-likeness (QED) is 0.852. The van der Waals surface area contributed by atoms with Gasteiger partial charge in [-0.25, -0.2) is 8.42 Å². The Morgan fingerprint density at radius 2 is 1.71 bits per heavy atom. The highest BCUT2D eigenvalue weighted by atomic mass is 32.2. The normalized spacial score (nSPS) is 20.5. The van der Waals surface area contributed by atoms with Crippen LogP contribution in [0.5, 0.6) is 0 Å². The van der Waals surface area contributed by atoms with Gasteiger partial charge in [0, 0.05) is 39.1 Å². The van der Waals surface area contributed by atoms with Gasteiger partial charge in [-0.15, -0.1) is 0 Å². The van der Waals surface area contributed by atoms with E-state index in [9.17, 15) is 13.2 Å². The zero-order valence-electron chi connectivity index (χ0n) is 14.1. The van der Waals surface area contributed by atoms with Crippen molar-refractivity contribution in [3.63, 3.8) is 0 Å². The number of hydrogen-bond donors (Lipinski definition) is 1. The summed E-state index contributed by atoms with van der Waals surface area (Å²) in [6.07, 6.45) is 2.88. The zero-order chi connectivity index (χ0) is 17.3. The summed E-state index contributed by atoms with van der Waals surface area (Å²) in [5.74, 6) is 0.0697. The third-order valence-electron chi connectivity index (χ3n) is 5.06. The molecule has 0 saturated carbocycles. The molecule has 1 saturated heterocycles. The van der Waals surface area contributed by atoms with Crippen molar-refractivity contribution in [3.8, 4) is 0 Å².